The average molecular weight is 415 g/mol. The third-order valence-electron chi connectivity index (χ3n) is 4.75. The molecule has 0 atom stereocenters. The molecule has 1 fully saturated rings. The zero-order valence-electron chi connectivity index (χ0n) is 16.8. The Morgan fingerprint density at radius 2 is 1.97 bits per heavy atom. The summed E-state index contributed by atoms with van der Waals surface area (Å²) < 4.78 is 36.1. The van der Waals surface area contributed by atoms with Crippen LogP contribution >= 0.6 is 0 Å². The molecule has 8 heteroatoms. The second-order valence-electron chi connectivity index (χ2n) is 7.97. The number of anilines is 2. The predicted molar refractivity (Wildman–Crippen MR) is 114 cm³/mol. The van der Waals surface area contributed by atoms with Crippen LogP contribution in [0.25, 0.3) is 10.9 Å². The summed E-state index contributed by atoms with van der Waals surface area (Å²) in [7, 11) is -2.28. The van der Waals surface area contributed by atoms with Crippen LogP contribution in [0.4, 0.5) is 21.6 Å². The Labute approximate surface area is 169 Å². The SMILES string of the molecule is Cc1cc(N=S(C)(C)=O)cc2ncnc(Nc3ccc(F)cc3OC3(C)CC3)c12. The Bertz CT molecular complexity index is 1220. The van der Waals surface area contributed by atoms with Gasteiger partial charge in [0, 0.05) is 33.7 Å². The van der Waals surface area contributed by atoms with Crippen molar-refractivity contribution in [3.05, 3.63) is 48.0 Å². The number of rotatable bonds is 5. The number of fused-ring (bicyclic) bond motifs is 1. The maximum absolute atomic E-state index is 13.8. The predicted octanol–water partition coefficient (Wildman–Crippen LogP) is 5.11. The van der Waals surface area contributed by atoms with E-state index in [1.165, 1.54) is 18.5 Å². The van der Waals surface area contributed by atoms with Crippen LogP contribution in [0.2, 0.25) is 0 Å². The maximum Gasteiger partial charge on any atom is 0.146 e. The lowest BCUT2D eigenvalue weighted by molar-refractivity contribution is 0.201. The van der Waals surface area contributed by atoms with Gasteiger partial charge in [0.05, 0.1) is 16.9 Å². The number of nitrogens with zero attached hydrogens (tertiary/aromatic N) is 3. The number of aromatic nitrogens is 2. The van der Waals surface area contributed by atoms with Crippen LogP contribution in [0.5, 0.6) is 5.75 Å². The van der Waals surface area contributed by atoms with Gasteiger partial charge >= 0.3 is 0 Å². The first-order chi connectivity index (χ1) is 13.6. The lowest BCUT2D eigenvalue weighted by atomic mass is 10.1. The Morgan fingerprint density at radius 3 is 2.66 bits per heavy atom. The highest BCUT2D eigenvalue weighted by molar-refractivity contribution is 7.92. The Balaban J connectivity index is 1.77. The summed E-state index contributed by atoms with van der Waals surface area (Å²) in [6.45, 7) is 3.94. The van der Waals surface area contributed by atoms with Gasteiger partial charge in [0.1, 0.15) is 29.3 Å². The molecular formula is C21H23FN4O2S. The van der Waals surface area contributed by atoms with Crippen molar-refractivity contribution >= 4 is 37.8 Å². The normalized spacial score (nSPS) is 15.2. The molecule has 4 rings (SSSR count). The number of halogens is 1. The molecule has 0 bridgehead atoms. The number of aryl methyl sites for hydroxylation is 1. The van der Waals surface area contributed by atoms with Crippen molar-refractivity contribution in [1.82, 2.24) is 9.97 Å². The number of hydrogen-bond acceptors (Lipinski definition) is 6. The highest BCUT2D eigenvalue weighted by atomic mass is 32.2. The summed E-state index contributed by atoms with van der Waals surface area (Å²) in [5, 5.41) is 4.09. The smallest absolute Gasteiger partial charge is 0.146 e. The molecule has 1 saturated carbocycles. The highest BCUT2D eigenvalue weighted by Gasteiger charge is 2.40. The van der Waals surface area contributed by atoms with Gasteiger partial charge in [-0.2, -0.15) is 4.36 Å². The second kappa shape index (κ2) is 6.95. The van der Waals surface area contributed by atoms with Gasteiger partial charge in [-0.15, -0.1) is 0 Å². The molecule has 0 aliphatic heterocycles. The van der Waals surface area contributed by atoms with E-state index in [-0.39, 0.29) is 11.4 Å². The molecule has 1 aliphatic carbocycles. The van der Waals surface area contributed by atoms with Crippen molar-refractivity contribution in [2.24, 2.45) is 4.36 Å². The van der Waals surface area contributed by atoms with Crippen molar-refractivity contribution in [2.75, 3.05) is 17.8 Å². The topological polar surface area (TPSA) is 76.5 Å². The van der Waals surface area contributed by atoms with E-state index in [9.17, 15) is 8.60 Å². The lowest BCUT2D eigenvalue weighted by Crippen LogP contribution is -2.13. The monoisotopic (exact) mass is 414 g/mol. The van der Waals surface area contributed by atoms with Crippen molar-refractivity contribution in [3.63, 3.8) is 0 Å². The van der Waals surface area contributed by atoms with E-state index in [1.807, 2.05) is 19.9 Å². The van der Waals surface area contributed by atoms with E-state index in [0.29, 0.717) is 28.5 Å². The summed E-state index contributed by atoms with van der Waals surface area (Å²) in [6.07, 6.45) is 6.53. The molecule has 1 aliphatic rings. The quantitative estimate of drug-likeness (QED) is 0.628. The van der Waals surface area contributed by atoms with Gasteiger partial charge in [0.2, 0.25) is 0 Å². The van der Waals surface area contributed by atoms with Crippen LogP contribution in [0, 0.1) is 12.7 Å². The number of ether oxygens (including phenoxy) is 1. The van der Waals surface area contributed by atoms with Crippen LogP contribution in [0.1, 0.15) is 25.3 Å². The first-order valence-electron chi connectivity index (χ1n) is 9.30. The van der Waals surface area contributed by atoms with E-state index in [4.69, 9.17) is 4.74 Å². The van der Waals surface area contributed by atoms with Gasteiger partial charge in [-0.05, 0) is 56.5 Å². The summed E-state index contributed by atoms with van der Waals surface area (Å²) in [4.78, 5) is 8.73. The van der Waals surface area contributed by atoms with Crippen LogP contribution in [-0.4, -0.2) is 32.3 Å². The summed E-state index contributed by atoms with van der Waals surface area (Å²) in [5.74, 6) is 0.690. The van der Waals surface area contributed by atoms with Gasteiger partial charge in [0.15, 0.2) is 0 Å². The molecule has 3 aromatic rings. The molecule has 6 nitrogen and oxygen atoms in total. The van der Waals surface area contributed by atoms with Gasteiger partial charge < -0.3 is 10.1 Å². The van der Waals surface area contributed by atoms with Crippen molar-refractivity contribution in [2.45, 2.75) is 32.3 Å². The van der Waals surface area contributed by atoms with Crippen LogP contribution in [0.3, 0.4) is 0 Å². The molecule has 152 valence electrons. The van der Waals surface area contributed by atoms with Crippen molar-refractivity contribution in [3.8, 4) is 5.75 Å². The molecule has 0 spiro atoms. The van der Waals surface area contributed by atoms with E-state index in [2.05, 4.69) is 19.6 Å². The Hall–Kier alpha value is -2.74. The Kier molecular flexibility index (Phi) is 4.69. The van der Waals surface area contributed by atoms with Gasteiger partial charge in [-0.1, -0.05) is 0 Å². The van der Waals surface area contributed by atoms with Crippen LogP contribution in [-0.2, 0) is 9.73 Å². The second-order valence-corrected chi connectivity index (χ2v) is 10.5. The number of nitrogens with one attached hydrogen (secondary N) is 1. The standard InChI is InChI=1S/C21H23FN4O2S/c1-13-9-15(26-29(3,4)27)11-17-19(13)20(24-12-23-17)25-16-6-5-14(22)10-18(16)28-21(2)7-8-21/h5-6,9-12H,7-8H2,1-4H3,(H,23,24,25). The molecule has 0 radical (unpaired) electrons. The first-order valence-corrected chi connectivity index (χ1v) is 11.6. The minimum atomic E-state index is -2.28. The fourth-order valence-corrected chi connectivity index (χ4v) is 3.74. The zero-order chi connectivity index (χ0) is 20.8. The van der Waals surface area contributed by atoms with Crippen LogP contribution in [0.15, 0.2) is 41.0 Å². The highest BCUT2D eigenvalue weighted by Crippen LogP contribution is 2.42. The van der Waals surface area contributed by atoms with Gasteiger partial charge in [-0.3, -0.25) is 0 Å². The number of hydrogen-bond donors (Lipinski definition) is 1. The first kappa shape index (κ1) is 19.6. The minimum Gasteiger partial charge on any atom is -0.485 e. The molecule has 0 saturated heterocycles. The molecule has 0 amide bonds. The summed E-state index contributed by atoms with van der Waals surface area (Å²) in [6, 6.07) is 8.06. The fraction of sp³-hybridized carbons (Fsp3) is 0.333. The van der Waals surface area contributed by atoms with E-state index in [0.717, 1.165) is 23.8 Å². The summed E-state index contributed by atoms with van der Waals surface area (Å²) >= 11 is 0. The van der Waals surface area contributed by atoms with E-state index >= 15 is 0 Å². The fourth-order valence-electron chi connectivity index (χ4n) is 3.13. The number of benzene rings is 2. The molecular weight excluding hydrogens is 391 g/mol. The lowest BCUT2D eigenvalue weighted by Gasteiger charge is -2.18. The molecule has 0 unspecified atom stereocenters. The molecule has 1 heterocycles. The maximum atomic E-state index is 13.8. The van der Waals surface area contributed by atoms with E-state index < -0.39 is 9.73 Å². The van der Waals surface area contributed by atoms with Crippen LogP contribution < -0.4 is 10.1 Å². The van der Waals surface area contributed by atoms with E-state index in [1.54, 1.807) is 24.6 Å². The Morgan fingerprint density at radius 1 is 1.21 bits per heavy atom. The van der Waals surface area contributed by atoms with Gasteiger partial charge in [0.25, 0.3) is 0 Å². The minimum absolute atomic E-state index is 0.238. The zero-order valence-corrected chi connectivity index (χ0v) is 17.6. The average Bonchev–Trinajstić information content (AvgIpc) is 3.32. The molecule has 29 heavy (non-hydrogen) atoms. The van der Waals surface area contributed by atoms with Crippen molar-refractivity contribution in [1.29, 1.82) is 0 Å². The molecule has 1 aromatic heterocycles. The third kappa shape index (κ3) is 4.48. The van der Waals surface area contributed by atoms with Gasteiger partial charge in [-0.25, -0.2) is 18.6 Å². The summed E-state index contributed by atoms with van der Waals surface area (Å²) in [5.41, 5.74) is 2.59. The molecule has 2 aromatic carbocycles. The molecule has 1 N–H and O–H groups in total. The largest absolute Gasteiger partial charge is 0.485 e. The van der Waals surface area contributed by atoms with Crippen molar-refractivity contribution < 1.29 is 13.3 Å². The third-order valence-corrected chi connectivity index (χ3v) is 5.40.